The Morgan fingerprint density at radius 3 is 2.35 bits per heavy atom. The quantitative estimate of drug-likeness (QED) is 0.883. The summed E-state index contributed by atoms with van der Waals surface area (Å²) in [7, 11) is 1.64. The lowest BCUT2D eigenvalue weighted by molar-refractivity contribution is -0.132. The van der Waals surface area contributed by atoms with Gasteiger partial charge in [-0.3, -0.25) is 14.7 Å². The molecule has 0 bridgehead atoms. The van der Waals surface area contributed by atoms with Gasteiger partial charge in [0.2, 0.25) is 5.91 Å². The highest BCUT2D eigenvalue weighted by Crippen LogP contribution is 2.14. The van der Waals surface area contributed by atoms with Crippen molar-refractivity contribution in [3.05, 3.63) is 47.3 Å². The molecule has 3 rings (SSSR count). The third kappa shape index (κ3) is 4.22. The molecule has 2 amide bonds. The molecule has 1 aromatic heterocycles. The van der Waals surface area contributed by atoms with Crippen LogP contribution in [0.1, 0.15) is 28.2 Å². The number of aromatic nitrogens is 2. The summed E-state index contributed by atoms with van der Waals surface area (Å²) in [6, 6.07) is 9.51. The number of aryl methyl sites for hydroxylation is 2. The first-order valence-corrected chi connectivity index (χ1v) is 8.79. The van der Waals surface area contributed by atoms with Crippen LogP contribution >= 0.6 is 0 Å². The van der Waals surface area contributed by atoms with Crippen molar-refractivity contribution in [2.45, 2.75) is 19.8 Å². The molecular weight excluding hydrogens is 332 g/mol. The molecule has 2 aromatic rings. The SMILES string of the molecule is COc1ccc(CCC(=O)N2CCN(C(=O)c3cc(C)[nH]n3)CC2)cc1. The van der Waals surface area contributed by atoms with Gasteiger partial charge in [-0.2, -0.15) is 5.10 Å². The van der Waals surface area contributed by atoms with Crippen molar-refractivity contribution in [1.29, 1.82) is 0 Å². The van der Waals surface area contributed by atoms with Gasteiger partial charge < -0.3 is 14.5 Å². The molecule has 1 saturated heterocycles. The van der Waals surface area contributed by atoms with Gasteiger partial charge in [-0.05, 0) is 37.1 Å². The minimum absolute atomic E-state index is 0.0836. The molecule has 2 heterocycles. The minimum Gasteiger partial charge on any atom is -0.497 e. The molecule has 1 aromatic carbocycles. The third-order valence-corrected chi connectivity index (χ3v) is 4.63. The maximum atomic E-state index is 12.4. The smallest absolute Gasteiger partial charge is 0.274 e. The van der Waals surface area contributed by atoms with Crippen molar-refractivity contribution < 1.29 is 14.3 Å². The average Bonchev–Trinajstić information content (AvgIpc) is 3.12. The van der Waals surface area contributed by atoms with Crippen LogP contribution in [0.5, 0.6) is 5.75 Å². The van der Waals surface area contributed by atoms with E-state index in [1.165, 1.54) is 0 Å². The predicted molar refractivity (Wildman–Crippen MR) is 97.1 cm³/mol. The Bertz CT molecular complexity index is 761. The number of carbonyl (C=O) groups is 2. The molecule has 0 aliphatic carbocycles. The van der Waals surface area contributed by atoms with Gasteiger partial charge in [0.1, 0.15) is 11.4 Å². The monoisotopic (exact) mass is 356 g/mol. The van der Waals surface area contributed by atoms with E-state index in [0.29, 0.717) is 44.7 Å². The summed E-state index contributed by atoms with van der Waals surface area (Å²) in [6.45, 7) is 4.08. The molecular formula is C19H24N4O3. The lowest BCUT2D eigenvalue weighted by Crippen LogP contribution is -2.50. The van der Waals surface area contributed by atoms with Gasteiger partial charge in [0.05, 0.1) is 7.11 Å². The van der Waals surface area contributed by atoms with Crippen LogP contribution in [0, 0.1) is 6.92 Å². The van der Waals surface area contributed by atoms with Crippen LogP contribution in [0.2, 0.25) is 0 Å². The Labute approximate surface area is 152 Å². The first kappa shape index (κ1) is 18.0. The Balaban J connectivity index is 1.46. The summed E-state index contributed by atoms with van der Waals surface area (Å²) in [5, 5.41) is 6.80. The largest absolute Gasteiger partial charge is 0.497 e. The van der Waals surface area contributed by atoms with Crippen molar-refractivity contribution in [3.8, 4) is 5.75 Å². The number of piperazine rings is 1. The zero-order valence-corrected chi connectivity index (χ0v) is 15.2. The highest BCUT2D eigenvalue weighted by atomic mass is 16.5. The molecule has 0 spiro atoms. The molecule has 1 fully saturated rings. The van der Waals surface area contributed by atoms with Crippen molar-refractivity contribution >= 4 is 11.8 Å². The van der Waals surface area contributed by atoms with Gasteiger partial charge in [0, 0.05) is 38.3 Å². The number of methoxy groups -OCH3 is 1. The Kier molecular flexibility index (Phi) is 5.55. The topological polar surface area (TPSA) is 78.5 Å². The first-order chi connectivity index (χ1) is 12.6. The fraction of sp³-hybridized carbons (Fsp3) is 0.421. The average molecular weight is 356 g/mol. The van der Waals surface area contributed by atoms with Gasteiger partial charge in [-0.15, -0.1) is 0 Å². The number of hydrogen-bond acceptors (Lipinski definition) is 4. The minimum atomic E-state index is -0.0836. The van der Waals surface area contributed by atoms with Crippen LogP contribution in [-0.2, 0) is 11.2 Å². The van der Waals surface area contributed by atoms with Crippen LogP contribution < -0.4 is 4.74 Å². The van der Waals surface area contributed by atoms with Crippen LogP contribution in [0.3, 0.4) is 0 Å². The normalized spacial score (nSPS) is 14.4. The van der Waals surface area contributed by atoms with Crippen molar-refractivity contribution in [3.63, 3.8) is 0 Å². The lowest BCUT2D eigenvalue weighted by atomic mass is 10.1. The third-order valence-electron chi connectivity index (χ3n) is 4.63. The zero-order valence-electron chi connectivity index (χ0n) is 15.2. The van der Waals surface area contributed by atoms with E-state index < -0.39 is 0 Å². The van der Waals surface area contributed by atoms with Crippen LogP contribution in [0.4, 0.5) is 0 Å². The second-order valence-corrected chi connectivity index (χ2v) is 6.46. The van der Waals surface area contributed by atoms with Crippen molar-refractivity contribution in [2.75, 3.05) is 33.3 Å². The standard InChI is InChI=1S/C19H24N4O3/c1-14-13-17(21-20-14)19(25)23-11-9-22(10-12-23)18(24)8-5-15-3-6-16(26-2)7-4-15/h3-4,6-7,13H,5,8-12H2,1-2H3,(H,20,21). The van der Waals surface area contributed by atoms with Gasteiger partial charge >= 0.3 is 0 Å². The zero-order chi connectivity index (χ0) is 18.5. The van der Waals surface area contributed by atoms with Crippen LogP contribution in [-0.4, -0.2) is 65.1 Å². The Morgan fingerprint density at radius 1 is 1.12 bits per heavy atom. The summed E-state index contributed by atoms with van der Waals surface area (Å²) in [5.74, 6) is 0.858. The van der Waals surface area contributed by atoms with Gasteiger partial charge in [0.15, 0.2) is 0 Å². The van der Waals surface area contributed by atoms with E-state index in [9.17, 15) is 9.59 Å². The van der Waals surface area contributed by atoms with E-state index in [1.807, 2.05) is 36.1 Å². The molecule has 1 N–H and O–H groups in total. The fourth-order valence-corrected chi connectivity index (χ4v) is 3.05. The number of ether oxygens (including phenoxy) is 1. The number of hydrogen-bond donors (Lipinski definition) is 1. The molecule has 0 saturated carbocycles. The molecule has 138 valence electrons. The van der Waals surface area contributed by atoms with E-state index in [4.69, 9.17) is 4.74 Å². The van der Waals surface area contributed by atoms with Gasteiger partial charge in [-0.25, -0.2) is 0 Å². The number of H-pyrrole nitrogens is 1. The Morgan fingerprint density at radius 2 is 1.77 bits per heavy atom. The molecule has 7 heteroatoms. The fourth-order valence-electron chi connectivity index (χ4n) is 3.05. The number of benzene rings is 1. The second kappa shape index (κ2) is 8.03. The van der Waals surface area contributed by atoms with Gasteiger partial charge in [0.25, 0.3) is 5.91 Å². The first-order valence-electron chi connectivity index (χ1n) is 8.79. The number of rotatable bonds is 5. The summed E-state index contributed by atoms with van der Waals surface area (Å²) < 4.78 is 5.14. The number of nitrogens with zero attached hydrogens (tertiary/aromatic N) is 3. The second-order valence-electron chi connectivity index (χ2n) is 6.46. The summed E-state index contributed by atoms with van der Waals surface area (Å²) in [6.07, 6.45) is 1.17. The molecule has 0 unspecified atom stereocenters. The van der Waals surface area contributed by atoms with Gasteiger partial charge in [-0.1, -0.05) is 12.1 Å². The maximum Gasteiger partial charge on any atom is 0.274 e. The number of aromatic amines is 1. The number of nitrogens with one attached hydrogen (secondary N) is 1. The maximum absolute atomic E-state index is 12.4. The van der Waals surface area contributed by atoms with Crippen molar-refractivity contribution in [2.24, 2.45) is 0 Å². The van der Waals surface area contributed by atoms with E-state index in [2.05, 4.69) is 10.2 Å². The highest BCUT2D eigenvalue weighted by molar-refractivity contribution is 5.92. The number of amides is 2. The van der Waals surface area contributed by atoms with Crippen molar-refractivity contribution in [1.82, 2.24) is 20.0 Å². The lowest BCUT2D eigenvalue weighted by Gasteiger charge is -2.34. The predicted octanol–water partition coefficient (Wildman–Crippen LogP) is 1.64. The highest BCUT2D eigenvalue weighted by Gasteiger charge is 2.25. The molecule has 0 atom stereocenters. The summed E-state index contributed by atoms with van der Waals surface area (Å²) >= 11 is 0. The molecule has 0 radical (unpaired) electrons. The molecule has 1 aliphatic heterocycles. The van der Waals surface area contributed by atoms with Crippen LogP contribution in [0.25, 0.3) is 0 Å². The Hall–Kier alpha value is -2.83. The summed E-state index contributed by atoms with van der Waals surface area (Å²) in [5.41, 5.74) is 2.41. The molecule has 26 heavy (non-hydrogen) atoms. The molecule has 7 nitrogen and oxygen atoms in total. The number of carbonyl (C=O) groups excluding carboxylic acids is 2. The van der Waals surface area contributed by atoms with E-state index in [1.54, 1.807) is 18.1 Å². The van der Waals surface area contributed by atoms with E-state index in [-0.39, 0.29) is 11.8 Å². The van der Waals surface area contributed by atoms with Crippen LogP contribution in [0.15, 0.2) is 30.3 Å². The summed E-state index contributed by atoms with van der Waals surface area (Å²) in [4.78, 5) is 28.4. The molecule has 1 aliphatic rings. The van der Waals surface area contributed by atoms with E-state index in [0.717, 1.165) is 17.0 Å². The van der Waals surface area contributed by atoms with E-state index >= 15 is 0 Å².